The summed E-state index contributed by atoms with van der Waals surface area (Å²) in [6.45, 7) is 4.39. The SMILES string of the molecule is CC(C)=CCc1cc(/C=C/C(=O)OCCc2ccccc2)ccc1OC(=O)CCc1ccccc1. The Morgan fingerprint density at radius 2 is 1.49 bits per heavy atom. The third-order valence-corrected chi connectivity index (χ3v) is 5.39. The van der Waals surface area contributed by atoms with Crippen LogP contribution in [0.2, 0.25) is 0 Å². The van der Waals surface area contributed by atoms with E-state index in [1.54, 1.807) is 12.1 Å². The summed E-state index contributed by atoms with van der Waals surface area (Å²) in [5, 5.41) is 0. The molecule has 0 aliphatic heterocycles. The lowest BCUT2D eigenvalue weighted by molar-refractivity contribution is -0.137. The van der Waals surface area contributed by atoms with Crippen LogP contribution in [-0.2, 0) is 33.6 Å². The van der Waals surface area contributed by atoms with Gasteiger partial charge in [0, 0.05) is 18.9 Å². The maximum atomic E-state index is 12.5. The van der Waals surface area contributed by atoms with Crippen molar-refractivity contribution in [2.24, 2.45) is 0 Å². The molecule has 0 atom stereocenters. The topological polar surface area (TPSA) is 52.6 Å². The molecule has 0 aromatic heterocycles. The summed E-state index contributed by atoms with van der Waals surface area (Å²) in [6.07, 6.45) is 7.49. The first-order chi connectivity index (χ1) is 17.0. The number of allylic oxidation sites excluding steroid dienone is 2. The standard InChI is InChI=1S/C31H32O4/c1-24(2)13-17-28-23-27(16-19-30(32)34-22-21-26-11-7-4-8-12-26)14-18-29(28)35-31(33)20-15-25-9-5-3-6-10-25/h3-14,16,18-19,23H,15,17,20-22H2,1-2H3/b19-16+. The molecular weight excluding hydrogens is 436 g/mol. The monoisotopic (exact) mass is 468 g/mol. The van der Waals surface area contributed by atoms with Crippen LogP contribution in [0.1, 0.15) is 42.5 Å². The van der Waals surface area contributed by atoms with Crippen LogP contribution in [0, 0.1) is 0 Å². The van der Waals surface area contributed by atoms with Gasteiger partial charge in [-0.3, -0.25) is 4.79 Å². The summed E-state index contributed by atoms with van der Waals surface area (Å²) >= 11 is 0. The predicted octanol–water partition coefficient (Wildman–Crippen LogP) is 6.53. The van der Waals surface area contributed by atoms with Crippen LogP contribution in [0.15, 0.2) is 96.6 Å². The number of benzene rings is 3. The zero-order valence-corrected chi connectivity index (χ0v) is 20.4. The molecule has 180 valence electrons. The van der Waals surface area contributed by atoms with Crippen LogP contribution in [-0.4, -0.2) is 18.5 Å². The largest absolute Gasteiger partial charge is 0.462 e. The van der Waals surface area contributed by atoms with E-state index in [2.05, 4.69) is 6.08 Å². The molecule has 0 spiro atoms. The van der Waals surface area contributed by atoms with Crippen molar-refractivity contribution in [2.75, 3.05) is 6.61 Å². The molecule has 0 aliphatic carbocycles. The molecule has 4 nitrogen and oxygen atoms in total. The van der Waals surface area contributed by atoms with Gasteiger partial charge in [-0.05, 0) is 67.2 Å². The summed E-state index contributed by atoms with van der Waals surface area (Å²) in [5.41, 5.74) is 5.13. The highest BCUT2D eigenvalue weighted by atomic mass is 16.5. The molecule has 0 heterocycles. The number of ether oxygens (including phenoxy) is 2. The maximum Gasteiger partial charge on any atom is 0.330 e. The molecule has 0 aliphatic rings. The van der Waals surface area contributed by atoms with Crippen LogP contribution < -0.4 is 4.74 Å². The minimum absolute atomic E-state index is 0.266. The number of carbonyl (C=O) groups excluding carboxylic acids is 2. The van der Waals surface area contributed by atoms with Crippen molar-refractivity contribution in [1.29, 1.82) is 0 Å². The first-order valence-corrected chi connectivity index (χ1v) is 11.9. The average molecular weight is 469 g/mol. The number of hydrogen-bond donors (Lipinski definition) is 0. The Hall–Kier alpha value is -3.92. The molecule has 4 heteroatoms. The highest BCUT2D eigenvalue weighted by Gasteiger charge is 2.10. The van der Waals surface area contributed by atoms with E-state index in [0.29, 0.717) is 38.0 Å². The Bertz CT molecular complexity index is 1160. The van der Waals surface area contributed by atoms with Gasteiger partial charge in [0.15, 0.2) is 0 Å². The third kappa shape index (κ3) is 9.46. The zero-order valence-electron chi connectivity index (χ0n) is 20.4. The fraction of sp³-hybridized carbons (Fsp3) is 0.226. The minimum atomic E-state index is -0.386. The average Bonchev–Trinajstić information content (AvgIpc) is 2.87. The summed E-state index contributed by atoms with van der Waals surface area (Å²) in [7, 11) is 0. The molecule has 0 unspecified atom stereocenters. The van der Waals surface area contributed by atoms with Crippen LogP contribution in [0.4, 0.5) is 0 Å². The molecule has 0 radical (unpaired) electrons. The Kier molecular flexibility index (Phi) is 10.1. The van der Waals surface area contributed by atoms with Crippen molar-refractivity contribution in [3.8, 4) is 5.75 Å². The van der Waals surface area contributed by atoms with Crippen LogP contribution in [0.25, 0.3) is 6.08 Å². The van der Waals surface area contributed by atoms with Gasteiger partial charge < -0.3 is 9.47 Å². The lowest BCUT2D eigenvalue weighted by Crippen LogP contribution is -2.10. The van der Waals surface area contributed by atoms with Crippen molar-refractivity contribution >= 4 is 18.0 Å². The highest BCUT2D eigenvalue weighted by molar-refractivity contribution is 5.87. The Morgan fingerprint density at radius 1 is 0.829 bits per heavy atom. The van der Waals surface area contributed by atoms with Gasteiger partial charge in [0.05, 0.1) is 6.61 Å². The molecule has 0 fully saturated rings. The van der Waals surface area contributed by atoms with E-state index < -0.39 is 0 Å². The van der Waals surface area contributed by atoms with Gasteiger partial charge in [0.25, 0.3) is 0 Å². The van der Waals surface area contributed by atoms with Gasteiger partial charge in [-0.15, -0.1) is 0 Å². The van der Waals surface area contributed by atoms with Gasteiger partial charge in [-0.2, -0.15) is 0 Å². The van der Waals surface area contributed by atoms with E-state index in [9.17, 15) is 9.59 Å². The molecule has 0 bridgehead atoms. The van der Waals surface area contributed by atoms with Gasteiger partial charge in [-0.1, -0.05) is 78.4 Å². The maximum absolute atomic E-state index is 12.5. The molecule has 3 aromatic carbocycles. The lowest BCUT2D eigenvalue weighted by Gasteiger charge is -2.11. The van der Waals surface area contributed by atoms with Crippen molar-refractivity contribution < 1.29 is 19.1 Å². The second-order valence-corrected chi connectivity index (χ2v) is 8.55. The van der Waals surface area contributed by atoms with E-state index in [4.69, 9.17) is 9.47 Å². The highest BCUT2D eigenvalue weighted by Crippen LogP contribution is 2.23. The molecule has 35 heavy (non-hydrogen) atoms. The van der Waals surface area contributed by atoms with Gasteiger partial charge in [0.1, 0.15) is 5.75 Å². The number of aryl methyl sites for hydroxylation is 1. The van der Waals surface area contributed by atoms with Gasteiger partial charge >= 0.3 is 11.9 Å². The Morgan fingerprint density at radius 3 is 2.14 bits per heavy atom. The van der Waals surface area contributed by atoms with E-state index in [-0.39, 0.29) is 11.9 Å². The van der Waals surface area contributed by atoms with E-state index in [1.165, 1.54) is 11.6 Å². The lowest BCUT2D eigenvalue weighted by atomic mass is 10.0. The van der Waals surface area contributed by atoms with Crippen LogP contribution in [0.3, 0.4) is 0 Å². The first-order valence-electron chi connectivity index (χ1n) is 11.9. The smallest absolute Gasteiger partial charge is 0.330 e. The van der Waals surface area contributed by atoms with Gasteiger partial charge in [-0.25, -0.2) is 4.79 Å². The number of carbonyl (C=O) groups is 2. The summed E-state index contributed by atoms with van der Waals surface area (Å²) < 4.78 is 11.0. The van der Waals surface area contributed by atoms with E-state index in [1.807, 2.05) is 86.6 Å². The molecule has 0 N–H and O–H groups in total. The van der Waals surface area contributed by atoms with E-state index in [0.717, 1.165) is 22.3 Å². The van der Waals surface area contributed by atoms with Crippen molar-refractivity contribution in [2.45, 2.75) is 39.5 Å². The number of rotatable bonds is 11. The van der Waals surface area contributed by atoms with Crippen molar-refractivity contribution in [3.63, 3.8) is 0 Å². The fourth-order valence-electron chi connectivity index (χ4n) is 3.47. The molecule has 0 saturated carbocycles. The molecule has 3 aromatic rings. The normalized spacial score (nSPS) is 10.7. The first kappa shape index (κ1) is 25.7. The van der Waals surface area contributed by atoms with E-state index >= 15 is 0 Å². The predicted molar refractivity (Wildman–Crippen MR) is 140 cm³/mol. The van der Waals surface area contributed by atoms with Crippen molar-refractivity contribution in [1.82, 2.24) is 0 Å². The van der Waals surface area contributed by atoms with Gasteiger partial charge in [0.2, 0.25) is 0 Å². The third-order valence-electron chi connectivity index (χ3n) is 5.39. The van der Waals surface area contributed by atoms with Crippen LogP contribution in [0.5, 0.6) is 5.75 Å². The molecule has 3 rings (SSSR count). The Labute approximate surface area is 207 Å². The number of hydrogen-bond acceptors (Lipinski definition) is 4. The summed E-state index contributed by atoms with van der Waals surface area (Å²) in [5.74, 6) is -0.107. The molecule has 0 saturated heterocycles. The number of esters is 2. The molecule has 0 amide bonds. The summed E-state index contributed by atoms with van der Waals surface area (Å²) in [6, 6.07) is 25.3. The minimum Gasteiger partial charge on any atom is -0.462 e. The second kappa shape index (κ2) is 13.7. The fourth-order valence-corrected chi connectivity index (χ4v) is 3.47. The molecular formula is C31H32O4. The zero-order chi connectivity index (χ0) is 24.9. The Balaban J connectivity index is 1.59. The second-order valence-electron chi connectivity index (χ2n) is 8.55. The van der Waals surface area contributed by atoms with Crippen molar-refractivity contribution in [3.05, 3.63) is 119 Å². The summed E-state index contributed by atoms with van der Waals surface area (Å²) in [4.78, 5) is 24.6. The van der Waals surface area contributed by atoms with Crippen LogP contribution >= 0.6 is 0 Å². The quantitative estimate of drug-likeness (QED) is 0.139.